The summed E-state index contributed by atoms with van der Waals surface area (Å²) in [6, 6.07) is 9.43. The first kappa shape index (κ1) is 20.2. The fraction of sp³-hybridized carbons (Fsp3) is 0.200. The SMILES string of the molecule is COc1ccc(C)cc1NC(=O)CSc1nnc(-c2sc3ncccc3c2N)n1C. The summed E-state index contributed by atoms with van der Waals surface area (Å²) in [6.07, 6.45) is 1.74. The maximum atomic E-state index is 12.5. The maximum Gasteiger partial charge on any atom is 0.234 e. The molecular formula is C20H20N6O2S2. The van der Waals surface area contributed by atoms with Crippen LogP contribution in [0.5, 0.6) is 5.75 Å². The molecule has 0 saturated heterocycles. The monoisotopic (exact) mass is 440 g/mol. The van der Waals surface area contributed by atoms with E-state index >= 15 is 0 Å². The fourth-order valence-corrected chi connectivity index (χ4v) is 4.79. The number of nitrogens with two attached hydrogens (primary N) is 1. The topological polar surface area (TPSA) is 108 Å². The smallest absolute Gasteiger partial charge is 0.234 e. The number of nitrogen functional groups attached to an aromatic ring is 1. The number of carbonyl (C=O) groups excluding carboxylic acids is 1. The second-order valence-corrected chi connectivity index (χ2v) is 8.55. The van der Waals surface area contributed by atoms with Gasteiger partial charge in [0.25, 0.3) is 0 Å². The number of hydrogen-bond acceptors (Lipinski definition) is 8. The summed E-state index contributed by atoms with van der Waals surface area (Å²) in [6.45, 7) is 1.96. The normalized spacial score (nSPS) is 11.0. The summed E-state index contributed by atoms with van der Waals surface area (Å²) in [5.41, 5.74) is 8.62. The van der Waals surface area contributed by atoms with Crippen LogP contribution in [0, 0.1) is 6.92 Å². The summed E-state index contributed by atoms with van der Waals surface area (Å²) in [5, 5.41) is 12.9. The second-order valence-electron chi connectivity index (χ2n) is 6.61. The molecule has 30 heavy (non-hydrogen) atoms. The zero-order chi connectivity index (χ0) is 21.3. The molecule has 1 amide bonds. The molecule has 4 rings (SSSR count). The molecule has 1 aromatic carbocycles. The van der Waals surface area contributed by atoms with E-state index in [-0.39, 0.29) is 11.7 Å². The van der Waals surface area contributed by atoms with Gasteiger partial charge in [0, 0.05) is 18.6 Å². The Kier molecular flexibility index (Phi) is 5.60. The summed E-state index contributed by atoms with van der Waals surface area (Å²) >= 11 is 2.78. The predicted octanol–water partition coefficient (Wildman–Crippen LogP) is 3.72. The first-order chi connectivity index (χ1) is 14.5. The number of carbonyl (C=O) groups is 1. The number of methoxy groups -OCH3 is 1. The standard InChI is InChI=1S/C20H20N6O2S2/c1-11-6-7-14(28-3)13(9-11)23-15(27)10-29-20-25-24-18(26(20)2)17-16(21)12-5-4-8-22-19(12)30-17/h4-9H,10,21H2,1-3H3,(H,23,27). The molecule has 3 aromatic heterocycles. The number of fused-ring (bicyclic) bond motifs is 1. The van der Waals surface area contributed by atoms with E-state index in [2.05, 4.69) is 20.5 Å². The van der Waals surface area contributed by atoms with Crippen molar-refractivity contribution in [2.45, 2.75) is 12.1 Å². The molecule has 0 atom stereocenters. The van der Waals surface area contributed by atoms with E-state index in [0.717, 1.165) is 20.7 Å². The first-order valence-electron chi connectivity index (χ1n) is 9.08. The van der Waals surface area contributed by atoms with Crippen LogP contribution in [-0.2, 0) is 11.8 Å². The molecule has 0 spiro atoms. The Morgan fingerprint density at radius 1 is 1.33 bits per heavy atom. The highest BCUT2D eigenvalue weighted by Crippen LogP contribution is 2.39. The van der Waals surface area contributed by atoms with Crippen LogP contribution in [0.25, 0.3) is 20.9 Å². The highest BCUT2D eigenvalue weighted by atomic mass is 32.2. The molecule has 3 N–H and O–H groups in total. The average molecular weight is 441 g/mol. The molecule has 0 aliphatic rings. The van der Waals surface area contributed by atoms with Gasteiger partial charge in [-0.25, -0.2) is 4.98 Å². The van der Waals surface area contributed by atoms with E-state index in [1.807, 2.05) is 48.9 Å². The minimum Gasteiger partial charge on any atom is -0.495 e. The van der Waals surface area contributed by atoms with Gasteiger partial charge < -0.3 is 20.4 Å². The molecule has 0 fully saturated rings. The summed E-state index contributed by atoms with van der Waals surface area (Å²) in [4.78, 5) is 18.5. The first-order valence-corrected chi connectivity index (χ1v) is 10.9. The quantitative estimate of drug-likeness (QED) is 0.440. The van der Waals surface area contributed by atoms with Crippen LogP contribution in [0.4, 0.5) is 11.4 Å². The van der Waals surface area contributed by atoms with Gasteiger partial charge in [0.1, 0.15) is 10.6 Å². The van der Waals surface area contributed by atoms with E-state index < -0.39 is 0 Å². The van der Waals surface area contributed by atoms with Crippen LogP contribution in [0.1, 0.15) is 5.56 Å². The Hall–Kier alpha value is -3.11. The molecule has 0 saturated carbocycles. The van der Waals surface area contributed by atoms with Crippen molar-refractivity contribution in [2.24, 2.45) is 7.05 Å². The molecule has 0 aliphatic carbocycles. The van der Waals surface area contributed by atoms with E-state index in [9.17, 15) is 4.79 Å². The van der Waals surface area contributed by atoms with E-state index in [1.54, 1.807) is 13.3 Å². The second kappa shape index (κ2) is 8.33. The Labute approximate surface area is 181 Å². The molecule has 0 radical (unpaired) electrons. The molecule has 0 aliphatic heterocycles. The average Bonchev–Trinajstić information content (AvgIpc) is 3.26. The number of aryl methyl sites for hydroxylation is 1. The Morgan fingerprint density at radius 2 is 2.17 bits per heavy atom. The van der Waals surface area contributed by atoms with Crippen LogP contribution in [0.3, 0.4) is 0 Å². The minimum absolute atomic E-state index is 0.154. The fourth-order valence-electron chi connectivity index (χ4n) is 2.99. The van der Waals surface area contributed by atoms with Gasteiger partial charge in [-0.1, -0.05) is 17.8 Å². The summed E-state index contributed by atoms with van der Waals surface area (Å²) < 4.78 is 7.15. The number of thioether (sulfide) groups is 1. The third-order valence-corrected chi connectivity index (χ3v) is 6.65. The minimum atomic E-state index is -0.154. The Bertz CT molecular complexity index is 1230. The molecular weight excluding hydrogens is 420 g/mol. The largest absolute Gasteiger partial charge is 0.495 e. The van der Waals surface area contributed by atoms with Crippen molar-refractivity contribution < 1.29 is 9.53 Å². The van der Waals surface area contributed by atoms with Crippen LogP contribution in [0.15, 0.2) is 41.7 Å². The van der Waals surface area contributed by atoms with Crippen LogP contribution < -0.4 is 15.8 Å². The number of benzene rings is 1. The lowest BCUT2D eigenvalue weighted by atomic mass is 10.2. The number of anilines is 2. The number of amides is 1. The van der Waals surface area contributed by atoms with Gasteiger partial charge >= 0.3 is 0 Å². The summed E-state index contributed by atoms with van der Waals surface area (Å²) in [5.74, 6) is 1.30. The van der Waals surface area contributed by atoms with Gasteiger partial charge in [0.05, 0.1) is 29.1 Å². The van der Waals surface area contributed by atoms with Crippen molar-refractivity contribution in [1.29, 1.82) is 0 Å². The highest BCUT2D eigenvalue weighted by molar-refractivity contribution is 7.99. The molecule has 0 bridgehead atoms. The van der Waals surface area contributed by atoms with E-state index in [4.69, 9.17) is 10.5 Å². The van der Waals surface area contributed by atoms with Gasteiger partial charge in [0.15, 0.2) is 11.0 Å². The van der Waals surface area contributed by atoms with Gasteiger partial charge in [-0.05, 0) is 36.8 Å². The highest BCUT2D eigenvalue weighted by Gasteiger charge is 2.19. The van der Waals surface area contributed by atoms with Crippen molar-refractivity contribution >= 4 is 50.6 Å². The Balaban J connectivity index is 1.49. The van der Waals surface area contributed by atoms with Crippen molar-refractivity contribution in [3.63, 3.8) is 0 Å². The zero-order valence-corrected chi connectivity index (χ0v) is 18.3. The number of ether oxygens (including phenoxy) is 1. The number of rotatable bonds is 6. The van der Waals surface area contributed by atoms with Crippen LogP contribution in [0.2, 0.25) is 0 Å². The maximum absolute atomic E-state index is 12.5. The van der Waals surface area contributed by atoms with Gasteiger partial charge in [-0.2, -0.15) is 0 Å². The van der Waals surface area contributed by atoms with Gasteiger partial charge in [-0.15, -0.1) is 21.5 Å². The lowest BCUT2D eigenvalue weighted by molar-refractivity contribution is -0.113. The summed E-state index contributed by atoms with van der Waals surface area (Å²) in [7, 11) is 3.43. The van der Waals surface area contributed by atoms with Crippen LogP contribution >= 0.6 is 23.1 Å². The number of hydrogen-bond donors (Lipinski definition) is 2. The number of pyridine rings is 1. The van der Waals surface area contributed by atoms with Gasteiger partial charge in [-0.3, -0.25) is 4.79 Å². The molecule has 154 valence electrons. The number of nitrogens with zero attached hydrogens (tertiary/aromatic N) is 4. The molecule has 8 nitrogen and oxygen atoms in total. The molecule has 3 heterocycles. The van der Waals surface area contributed by atoms with E-state index in [1.165, 1.54) is 23.1 Å². The predicted molar refractivity (Wildman–Crippen MR) is 121 cm³/mol. The zero-order valence-electron chi connectivity index (χ0n) is 16.7. The Morgan fingerprint density at radius 3 is 2.93 bits per heavy atom. The van der Waals surface area contributed by atoms with Crippen molar-refractivity contribution in [3.8, 4) is 16.5 Å². The van der Waals surface area contributed by atoms with E-state index in [0.29, 0.717) is 28.1 Å². The van der Waals surface area contributed by atoms with Crippen molar-refractivity contribution in [1.82, 2.24) is 19.7 Å². The third-order valence-electron chi connectivity index (χ3n) is 4.50. The number of thiophene rings is 1. The lowest BCUT2D eigenvalue weighted by Gasteiger charge is -2.10. The third kappa shape index (κ3) is 3.83. The number of aromatic nitrogens is 4. The van der Waals surface area contributed by atoms with Gasteiger partial charge in [0.2, 0.25) is 5.91 Å². The lowest BCUT2D eigenvalue weighted by Crippen LogP contribution is -2.15. The number of nitrogens with one attached hydrogen (secondary N) is 1. The van der Waals surface area contributed by atoms with Crippen molar-refractivity contribution in [3.05, 3.63) is 42.1 Å². The molecule has 0 unspecified atom stereocenters. The molecule has 4 aromatic rings. The molecule has 10 heteroatoms. The van der Waals surface area contributed by atoms with Crippen LogP contribution in [-0.4, -0.2) is 38.5 Å². The van der Waals surface area contributed by atoms with Crippen molar-refractivity contribution in [2.75, 3.05) is 23.9 Å².